The Bertz CT molecular complexity index is 662. The van der Waals surface area contributed by atoms with E-state index < -0.39 is 4.92 Å². The van der Waals surface area contributed by atoms with Crippen molar-refractivity contribution >= 4 is 38.9 Å². The first-order valence-electron chi connectivity index (χ1n) is 5.90. The first kappa shape index (κ1) is 14.8. The molecule has 20 heavy (non-hydrogen) atoms. The molecule has 0 saturated carbocycles. The van der Waals surface area contributed by atoms with Gasteiger partial charge >= 0.3 is 0 Å². The van der Waals surface area contributed by atoms with E-state index >= 15 is 0 Å². The predicted octanol–water partition coefficient (Wildman–Crippen LogP) is 4.93. The van der Waals surface area contributed by atoms with Gasteiger partial charge in [-0.1, -0.05) is 23.7 Å². The van der Waals surface area contributed by atoms with Crippen LogP contribution in [0.5, 0.6) is 0 Å². The molecule has 0 radical (unpaired) electrons. The highest BCUT2D eigenvalue weighted by Crippen LogP contribution is 2.27. The average Bonchev–Trinajstić information content (AvgIpc) is 2.39. The van der Waals surface area contributed by atoms with Gasteiger partial charge < -0.3 is 5.32 Å². The Morgan fingerprint density at radius 1 is 1.30 bits per heavy atom. The first-order chi connectivity index (χ1) is 9.47. The van der Waals surface area contributed by atoms with Crippen molar-refractivity contribution in [2.75, 3.05) is 5.32 Å². The van der Waals surface area contributed by atoms with E-state index in [9.17, 15) is 10.1 Å². The number of rotatable bonds is 4. The van der Waals surface area contributed by atoms with Crippen LogP contribution in [-0.2, 0) is 6.54 Å². The van der Waals surface area contributed by atoms with Gasteiger partial charge in [0, 0.05) is 22.8 Å². The molecule has 4 nitrogen and oxygen atoms in total. The number of benzene rings is 2. The molecule has 0 bridgehead atoms. The molecule has 0 aromatic heterocycles. The van der Waals surface area contributed by atoms with Crippen LogP contribution in [0.1, 0.15) is 11.1 Å². The second kappa shape index (κ2) is 6.24. The molecule has 0 fully saturated rings. The minimum Gasteiger partial charge on any atom is -0.380 e. The van der Waals surface area contributed by atoms with Gasteiger partial charge in [-0.05, 0) is 52.2 Å². The number of nitrogens with zero attached hydrogens (tertiary/aromatic N) is 1. The van der Waals surface area contributed by atoms with Crippen molar-refractivity contribution in [3.8, 4) is 0 Å². The molecule has 1 N–H and O–H groups in total. The van der Waals surface area contributed by atoms with Crippen LogP contribution in [-0.4, -0.2) is 4.92 Å². The molecule has 2 rings (SSSR count). The molecule has 0 amide bonds. The number of nitro benzene ring substituents is 1. The Morgan fingerprint density at radius 2 is 2.05 bits per heavy atom. The molecule has 0 aliphatic rings. The van der Waals surface area contributed by atoms with E-state index in [2.05, 4.69) is 21.2 Å². The number of aryl methyl sites for hydroxylation is 1. The highest BCUT2D eigenvalue weighted by molar-refractivity contribution is 9.10. The maximum Gasteiger partial charge on any atom is 0.288 e. The molecule has 2 aromatic rings. The third kappa shape index (κ3) is 3.49. The van der Waals surface area contributed by atoms with E-state index in [4.69, 9.17) is 11.6 Å². The summed E-state index contributed by atoms with van der Waals surface area (Å²) in [5.74, 6) is 0. The number of anilines is 1. The first-order valence-corrected chi connectivity index (χ1v) is 7.07. The van der Waals surface area contributed by atoms with Crippen LogP contribution in [0, 0.1) is 17.0 Å². The van der Waals surface area contributed by atoms with Crippen molar-refractivity contribution in [2.24, 2.45) is 0 Å². The minimum absolute atomic E-state index is 0.0751. The molecule has 0 spiro atoms. The van der Waals surface area contributed by atoms with Crippen LogP contribution in [0.2, 0.25) is 5.02 Å². The van der Waals surface area contributed by atoms with Gasteiger partial charge in [0.1, 0.15) is 5.02 Å². The van der Waals surface area contributed by atoms with Crippen LogP contribution in [0.3, 0.4) is 0 Å². The van der Waals surface area contributed by atoms with Crippen LogP contribution in [0.25, 0.3) is 0 Å². The van der Waals surface area contributed by atoms with Crippen LogP contribution in [0.4, 0.5) is 11.4 Å². The Balaban J connectivity index is 2.15. The van der Waals surface area contributed by atoms with Crippen molar-refractivity contribution in [3.63, 3.8) is 0 Å². The topological polar surface area (TPSA) is 55.2 Å². The molecular weight excluding hydrogens is 344 g/mol. The Kier molecular flexibility index (Phi) is 4.62. The second-order valence-electron chi connectivity index (χ2n) is 4.38. The number of nitro groups is 1. The quantitative estimate of drug-likeness (QED) is 0.625. The summed E-state index contributed by atoms with van der Waals surface area (Å²) in [6, 6.07) is 10.8. The summed E-state index contributed by atoms with van der Waals surface area (Å²) in [6.45, 7) is 2.50. The zero-order chi connectivity index (χ0) is 14.7. The molecule has 6 heteroatoms. The summed E-state index contributed by atoms with van der Waals surface area (Å²) >= 11 is 9.26. The number of hydrogen-bond donors (Lipinski definition) is 1. The second-order valence-corrected chi connectivity index (χ2v) is 5.64. The highest BCUT2D eigenvalue weighted by atomic mass is 79.9. The lowest BCUT2D eigenvalue weighted by molar-refractivity contribution is -0.384. The van der Waals surface area contributed by atoms with Crippen molar-refractivity contribution in [1.82, 2.24) is 0 Å². The van der Waals surface area contributed by atoms with E-state index in [-0.39, 0.29) is 10.7 Å². The molecule has 104 valence electrons. The lowest BCUT2D eigenvalue weighted by atomic mass is 10.2. The maximum atomic E-state index is 10.8. The fourth-order valence-electron chi connectivity index (χ4n) is 1.77. The zero-order valence-electron chi connectivity index (χ0n) is 10.7. The number of nitrogens with one attached hydrogen (secondary N) is 1. The molecule has 0 atom stereocenters. The molecule has 2 aromatic carbocycles. The smallest absolute Gasteiger partial charge is 0.288 e. The molecule has 0 aliphatic carbocycles. The van der Waals surface area contributed by atoms with Gasteiger partial charge in [0.15, 0.2) is 0 Å². The minimum atomic E-state index is -0.479. The Morgan fingerprint density at radius 3 is 2.70 bits per heavy atom. The van der Waals surface area contributed by atoms with E-state index in [0.29, 0.717) is 6.54 Å². The van der Waals surface area contributed by atoms with Crippen LogP contribution >= 0.6 is 27.5 Å². The van der Waals surface area contributed by atoms with Gasteiger partial charge in [-0.15, -0.1) is 0 Å². The van der Waals surface area contributed by atoms with Gasteiger partial charge in [0.05, 0.1) is 4.92 Å². The molecule has 0 unspecified atom stereocenters. The van der Waals surface area contributed by atoms with E-state index in [1.54, 1.807) is 12.1 Å². The number of halogens is 2. The average molecular weight is 356 g/mol. The summed E-state index contributed by atoms with van der Waals surface area (Å²) in [5.41, 5.74) is 2.82. The van der Waals surface area contributed by atoms with E-state index in [0.717, 1.165) is 21.3 Å². The highest BCUT2D eigenvalue weighted by Gasteiger charge is 2.12. The van der Waals surface area contributed by atoms with Gasteiger partial charge in [-0.3, -0.25) is 10.1 Å². The number of hydrogen-bond acceptors (Lipinski definition) is 3. The molecule has 0 aliphatic heterocycles. The fraction of sp³-hybridized carbons (Fsp3) is 0.143. The van der Waals surface area contributed by atoms with Gasteiger partial charge in [-0.25, -0.2) is 0 Å². The molecular formula is C14H12BrClN2O2. The van der Waals surface area contributed by atoms with Crippen LogP contribution < -0.4 is 5.32 Å². The standard InChI is InChI=1S/C14H12BrClN2O2/c1-9-2-5-13(11(15)6-9)17-8-10-3-4-12(16)14(7-10)18(19)20/h2-7,17H,8H2,1H3. The lowest BCUT2D eigenvalue weighted by Crippen LogP contribution is -2.01. The van der Waals surface area contributed by atoms with E-state index in [1.807, 2.05) is 25.1 Å². The van der Waals surface area contributed by atoms with Crippen molar-refractivity contribution in [1.29, 1.82) is 0 Å². The van der Waals surface area contributed by atoms with Crippen molar-refractivity contribution in [2.45, 2.75) is 13.5 Å². The predicted molar refractivity (Wildman–Crippen MR) is 84.3 cm³/mol. The molecule has 0 saturated heterocycles. The van der Waals surface area contributed by atoms with Gasteiger partial charge in [-0.2, -0.15) is 0 Å². The summed E-state index contributed by atoms with van der Waals surface area (Å²) in [5, 5.41) is 14.2. The summed E-state index contributed by atoms with van der Waals surface area (Å²) in [4.78, 5) is 10.4. The fourth-order valence-corrected chi connectivity index (χ4v) is 2.59. The van der Waals surface area contributed by atoms with Crippen molar-refractivity contribution < 1.29 is 4.92 Å². The SMILES string of the molecule is Cc1ccc(NCc2ccc(Cl)c([N+](=O)[O-])c2)c(Br)c1. The lowest BCUT2D eigenvalue weighted by Gasteiger charge is -2.09. The Hall–Kier alpha value is -1.59. The largest absolute Gasteiger partial charge is 0.380 e. The van der Waals surface area contributed by atoms with Gasteiger partial charge in [0.25, 0.3) is 5.69 Å². The maximum absolute atomic E-state index is 10.8. The summed E-state index contributed by atoms with van der Waals surface area (Å²) < 4.78 is 0.959. The third-order valence-corrected chi connectivity index (χ3v) is 3.79. The molecule has 0 heterocycles. The van der Waals surface area contributed by atoms with Crippen molar-refractivity contribution in [3.05, 3.63) is 67.1 Å². The third-order valence-electron chi connectivity index (χ3n) is 2.81. The van der Waals surface area contributed by atoms with Crippen LogP contribution in [0.15, 0.2) is 40.9 Å². The van der Waals surface area contributed by atoms with E-state index in [1.165, 1.54) is 6.07 Å². The zero-order valence-corrected chi connectivity index (χ0v) is 13.0. The normalized spacial score (nSPS) is 10.3. The summed E-state index contributed by atoms with van der Waals surface area (Å²) in [6.07, 6.45) is 0. The summed E-state index contributed by atoms with van der Waals surface area (Å²) in [7, 11) is 0. The monoisotopic (exact) mass is 354 g/mol. The Labute approximate surface area is 130 Å². The van der Waals surface area contributed by atoms with Gasteiger partial charge in [0.2, 0.25) is 0 Å².